The molecule has 0 aromatic carbocycles. The maximum atomic E-state index is 12.4. The van der Waals surface area contributed by atoms with Gasteiger partial charge in [0.1, 0.15) is 11.4 Å². The molecule has 9 heteroatoms. The summed E-state index contributed by atoms with van der Waals surface area (Å²) in [6.45, 7) is 13.1. The number of hydrogen-bond acceptors (Lipinski definition) is 8. The number of likely N-dealkylation sites (tertiary alicyclic amines) is 1. The maximum absolute atomic E-state index is 12.4. The van der Waals surface area contributed by atoms with Gasteiger partial charge in [0, 0.05) is 43.2 Å². The number of methoxy groups -OCH3 is 1. The topological polar surface area (TPSA) is 96.9 Å². The summed E-state index contributed by atoms with van der Waals surface area (Å²) in [5, 5.41) is 3.61. The third-order valence-electron chi connectivity index (χ3n) is 7.33. The zero-order chi connectivity index (χ0) is 26.1. The van der Waals surface area contributed by atoms with Crippen molar-refractivity contribution in [1.29, 1.82) is 0 Å². The number of esters is 1. The highest BCUT2D eigenvalue weighted by atomic mass is 16.6. The molecule has 36 heavy (non-hydrogen) atoms. The van der Waals surface area contributed by atoms with E-state index < -0.39 is 5.60 Å². The molecular weight excluding hydrogens is 458 g/mol. The monoisotopic (exact) mass is 501 g/mol. The van der Waals surface area contributed by atoms with E-state index in [4.69, 9.17) is 19.4 Å². The van der Waals surface area contributed by atoms with Crippen LogP contribution in [0.2, 0.25) is 0 Å². The van der Waals surface area contributed by atoms with Crippen LogP contribution in [0.5, 0.6) is 0 Å². The fraction of sp³-hybridized carbons (Fsp3) is 0.778. The SMILES string of the molecule is COC(=O)C[C@H](CC(C)C)Nc1nc(N2CCC3(CN(C(=O)OC(C)(C)C)C3)C2)nc2c1CCCC2. The molecule has 4 rings (SSSR count). The largest absolute Gasteiger partial charge is 0.469 e. The van der Waals surface area contributed by atoms with E-state index in [0.717, 1.165) is 69.1 Å². The van der Waals surface area contributed by atoms with Crippen molar-refractivity contribution in [3.63, 3.8) is 0 Å². The average molecular weight is 502 g/mol. The molecule has 1 atom stereocenters. The van der Waals surface area contributed by atoms with Crippen LogP contribution >= 0.6 is 0 Å². The minimum atomic E-state index is -0.483. The molecule has 3 heterocycles. The number of carbonyl (C=O) groups excluding carboxylic acids is 2. The number of rotatable bonds is 7. The third-order valence-corrected chi connectivity index (χ3v) is 7.33. The van der Waals surface area contributed by atoms with E-state index in [1.165, 1.54) is 12.7 Å². The quantitative estimate of drug-likeness (QED) is 0.556. The molecule has 1 aliphatic carbocycles. The number of hydrogen-bond donors (Lipinski definition) is 1. The summed E-state index contributed by atoms with van der Waals surface area (Å²) in [6.07, 6.45) is 6.13. The summed E-state index contributed by atoms with van der Waals surface area (Å²) in [6, 6.07) is -0.0369. The molecule has 1 N–H and O–H groups in total. The Morgan fingerprint density at radius 2 is 1.83 bits per heavy atom. The number of nitrogens with zero attached hydrogens (tertiary/aromatic N) is 4. The van der Waals surface area contributed by atoms with Crippen LogP contribution in [0, 0.1) is 11.3 Å². The number of carbonyl (C=O) groups is 2. The summed E-state index contributed by atoms with van der Waals surface area (Å²) < 4.78 is 10.5. The van der Waals surface area contributed by atoms with E-state index in [0.29, 0.717) is 25.4 Å². The highest BCUT2D eigenvalue weighted by molar-refractivity contribution is 5.71. The molecule has 0 radical (unpaired) electrons. The Balaban J connectivity index is 1.49. The van der Waals surface area contributed by atoms with E-state index in [1.54, 1.807) is 4.90 Å². The van der Waals surface area contributed by atoms with Crippen LogP contribution in [0.15, 0.2) is 0 Å². The number of anilines is 2. The summed E-state index contributed by atoms with van der Waals surface area (Å²) >= 11 is 0. The van der Waals surface area contributed by atoms with E-state index in [2.05, 4.69) is 24.1 Å². The van der Waals surface area contributed by atoms with Gasteiger partial charge in [-0.05, 0) is 65.2 Å². The van der Waals surface area contributed by atoms with Gasteiger partial charge in [-0.2, -0.15) is 4.98 Å². The third kappa shape index (κ3) is 6.21. The summed E-state index contributed by atoms with van der Waals surface area (Å²) in [5.41, 5.74) is 1.91. The van der Waals surface area contributed by atoms with Crippen LogP contribution in [0.25, 0.3) is 0 Å². The van der Waals surface area contributed by atoms with Crippen LogP contribution in [0.3, 0.4) is 0 Å². The molecule has 1 aromatic rings. The van der Waals surface area contributed by atoms with Gasteiger partial charge in [-0.15, -0.1) is 0 Å². The first kappa shape index (κ1) is 26.5. The molecule has 200 valence electrons. The second-order valence-electron chi connectivity index (χ2n) is 12.3. The normalized spacial score (nSPS) is 19.6. The Morgan fingerprint density at radius 3 is 2.50 bits per heavy atom. The van der Waals surface area contributed by atoms with Crippen LogP contribution < -0.4 is 10.2 Å². The lowest BCUT2D eigenvalue weighted by Crippen LogP contribution is -2.60. The minimum Gasteiger partial charge on any atom is -0.469 e. The number of nitrogens with one attached hydrogen (secondary N) is 1. The molecule has 2 fully saturated rings. The molecule has 1 aromatic heterocycles. The van der Waals surface area contributed by atoms with Gasteiger partial charge in [0.15, 0.2) is 0 Å². The Kier molecular flexibility index (Phi) is 7.67. The van der Waals surface area contributed by atoms with E-state index in [-0.39, 0.29) is 23.5 Å². The lowest BCUT2D eigenvalue weighted by Gasteiger charge is -2.47. The van der Waals surface area contributed by atoms with Crippen LogP contribution in [-0.2, 0) is 27.1 Å². The van der Waals surface area contributed by atoms with Crippen molar-refractivity contribution in [2.75, 3.05) is 43.5 Å². The lowest BCUT2D eigenvalue weighted by atomic mass is 9.79. The Hall–Kier alpha value is -2.58. The number of ether oxygens (including phenoxy) is 2. The van der Waals surface area contributed by atoms with Gasteiger partial charge in [-0.25, -0.2) is 9.78 Å². The highest BCUT2D eigenvalue weighted by Crippen LogP contribution is 2.41. The summed E-state index contributed by atoms with van der Waals surface area (Å²) in [5.74, 6) is 1.85. The van der Waals surface area contributed by atoms with Crippen molar-refractivity contribution in [3.05, 3.63) is 11.3 Å². The number of amides is 1. The van der Waals surface area contributed by atoms with Crippen LogP contribution in [0.4, 0.5) is 16.6 Å². The molecule has 0 bridgehead atoms. The summed E-state index contributed by atoms with van der Waals surface area (Å²) in [7, 11) is 1.44. The fourth-order valence-electron chi connectivity index (χ4n) is 5.67. The zero-order valence-electron chi connectivity index (χ0n) is 22.9. The van der Waals surface area contributed by atoms with E-state index >= 15 is 0 Å². The van der Waals surface area contributed by atoms with E-state index in [1.807, 2.05) is 20.8 Å². The van der Waals surface area contributed by atoms with Gasteiger partial charge in [0.25, 0.3) is 0 Å². The van der Waals surface area contributed by atoms with Gasteiger partial charge in [-0.3, -0.25) is 4.79 Å². The Labute approximate surface area is 215 Å². The maximum Gasteiger partial charge on any atom is 0.410 e. The van der Waals surface area contributed by atoms with Gasteiger partial charge in [0.05, 0.1) is 19.2 Å². The molecule has 9 nitrogen and oxygen atoms in total. The number of aromatic nitrogens is 2. The Bertz CT molecular complexity index is 968. The first-order valence-corrected chi connectivity index (χ1v) is 13.4. The molecule has 0 unspecified atom stereocenters. The minimum absolute atomic E-state index is 0.0369. The average Bonchev–Trinajstić information content (AvgIpc) is 3.22. The molecule has 3 aliphatic rings. The second-order valence-corrected chi connectivity index (χ2v) is 12.3. The predicted octanol–water partition coefficient (Wildman–Crippen LogP) is 4.19. The molecule has 2 saturated heterocycles. The van der Waals surface area contributed by atoms with Crippen LogP contribution in [-0.4, -0.2) is 71.9 Å². The first-order chi connectivity index (χ1) is 17.0. The molecule has 2 aliphatic heterocycles. The standard InChI is InChI=1S/C27H43N5O4/c1-18(2)13-19(14-22(33)35-6)28-23-20-9-7-8-10-21(20)29-24(30-23)31-12-11-27(15-31)16-32(17-27)25(34)36-26(3,4)5/h18-19H,7-17H2,1-6H3,(H,28,29,30)/t19-/m0/s1. The molecule has 1 amide bonds. The number of fused-ring (bicyclic) bond motifs is 1. The van der Waals surface area contributed by atoms with Crippen molar-refractivity contribution in [1.82, 2.24) is 14.9 Å². The second kappa shape index (κ2) is 10.4. The van der Waals surface area contributed by atoms with Crippen molar-refractivity contribution < 1.29 is 19.1 Å². The summed E-state index contributed by atoms with van der Waals surface area (Å²) in [4.78, 5) is 38.6. The molecular formula is C27H43N5O4. The first-order valence-electron chi connectivity index (χ1n) is 13.4. The zero-order valence-corrected chi connectivity index (χ0v) is 22.9. The van der Waals surface area contributed by atoms with Crippen molar-refractivity contribution in [3.8, 4) is 0 Å². The van der Waals surface area contributed by atoms with Gasteiger partial charge < -0.3 is 24.6 Å². The van der Waals surface area contributed by atoms with Crippen LogP contribution in [0.1, 0.15) is 78.0 Å². The van der Waals surface area contributed by atoms with Crippen molar-refractivity contribution in [2.45, 2.75) is 91.2 Å². The smallest absolute Gasteiger partial charge is 0.410 e. The van der Waals surface area contributed by atoms with Gasteiger partial charge in [-0.1, -0.05) is 13.8 Å². The van der Waals surface area contributed by atoms with Gasteiger partial charge in [0.2, 0.25) is 5.95 Å². The lowest BCUT2D eigenvalue weighted by molar-refractivity contribution is -0.140. The Morgan fingerprint density at radius 1 is 1.11 bits per heavy atom. The van der Waals surface area contributed by atoms with Gasteiger partial charge >= 0.3 is 12.1 Å². The predicted molar refractivity (Wildman–Crippen MR) is 139 cm³/mol. The van der Waals surface area contributed by atoms with Crippen molar-refractivity contribution in [2.24, 2.45) is 11.3 Å². The molecule has 1 spiro atoms. The fourth-order valence-corrected chi connectivity index (χ4v) is 5.67. The highest BCUT2D eigenvalue weighted by Gasteiger charge is 2.51. The number of aryl methyl sites for hydroxylation is 1. The molecule has 0 saturated carbocycles. The van der Waals surface area contributed by atoms with Crippen molar-refractivity contribution >= 4 is 23.8 Å². The van der Waals surface area contributed by atoms with E-state index in [9.17, 15) is 9.59 Å².